The van der Waals surface area contributed by atoms with Gasteiger partial charge in [0.2, 0.25) is 5.91 Å². The lowest BCUT2D eigenvalue weighted by Gasteiger charge is -2.39. The number of nitrogens with one attached hydrogen (secondary N) is 1. The summed E-state index contributed by atoms with van der Waals surface area (Å²) in [5, 5.41) is 3.24. The summed E-state index contributed by atoms with van der Waals surface area (Å²) in [5.41, 5.74) is 0.0615. The second-order valence-electron chi connectivity index (χ2n) is 5.21. The Morgan fingerprint density at radius 1 is 1.47 bits per heavy atom. The van der Waals surface area contributed by atoms with Crippen molar-refractivity contribution in [3.8, 4) is 0 Å². The Labute approximate surface area is 92.6 Å². The Morgan fingerprint density at radius 2 is 2.13 bits per heavy atom. The van der Waals surface area contributed by atoms with Crippen LogP contribution in [0, 0.1) is 0 Å². The van der Waals surface area contributed by atoms with Crippen molar-refractivity contribution in [3.63, 3.8) is 0 Å². The van der Waals surface area contributed by atoms with Gasteiger partial charge in [-0.1, -0.05) is 0 Å². The molecule has 1 aliphatic heterocycles. The highest BCUT2D eigenvalue weighted by Crippen LogP contribution is 2.11. The van der Waals surface area contributed by atoms with Crippen LogP contribution >= 0.6 is 0 Å². The minimum Gasteiger partial charge on any atom is -0.340 e. The number of hydrogen-bond donors (Lipinski definition) is 1. The van der Waals surface area contributed by atoms with Crippen LogP contribution in [0.3, 0.4) is 0 Å². The maximum Gasteiger partial charge on any atom is 0.236 e. The number of rotatable bonds is 4. The third-order valence-electron chi connectivity index (χ3n) is 2.69. The quantitative estimate of drug-likeness (QED) is 0.722. The predicted molar refractivity (Wildman–Crippen MR) is 61.8 cm³/mol. The van der Waals surface area contributed by atoms with Gasteiger partial charge in [-0.05, 0) is 40.9 Å². The van der Waals surface area contributed by atoms with Gasteiger partial charge in [-0.15, -0.1) is 0 Å². The van der Waals surface area contributed by atoms with Crippen LogP contribution in [0.1, 0.15) is 20.3 Å². The summed E-state index contributed by atoms with van der Waals surface area (Å²) in [7, 11) is 4.12. The Bertz CT molecular complexity index is 226. The summed E-state index contributed by atoms with van der Waals surface area (Å²) in [4.78, 5) is 15.7. The summed E-state index contributed by atoms with van der Waals surface area (Å²) in [6.07, 6.45) is 1.05. The van der Waals surface area contributed by atoms with E-state index in [0.29, 0.717) is 6.54 Å². The van der Waals surface area contributed by atoms with Gasteiger partial charge in [0.15, 0.2) is 0 Å². The van der Waals surface area contributed by atoms with Gasteiger partial charge >= 0.3 is 0 Å². The zero-order chi connectivity index (χ0) is 11.5. The van der Waals surface area contributed by atoms with Crippen LogP contribution in [0.2, 0.25) is 0 Å². The topological polar surface area (TPSA) is 35.6 Å². The lowest BCUT2D eigenvalue weighted by atomic mass is 10.0. The summed E-state index contributed by atoms with van der Waals surface area (Å²) in [6, 6.07) is 0. The molecule has 0 saturated carbocycles. The molecule has 4 heteroatoms. The minimum absolute atomic E-state index is 0.0615. The molecular weight excluding hydrogens is 190 g/mol. The highest BCUT2D eigenvalue weighted by atomic mass is 16.2. The first-order chi connectivity index (χ1) is 6.91. The lowest BCUT2D eigenvalue weighted by Crippen LogP contribution is -2.59. The lowest BCUT2D eigenvalue weighted by molar-refractivity contribution is -0.134. The zero-order valence-corrected chi connectivity index (χ0v) is 10.3. The SMILES string of the molecule is CN(C)CCCN1CC(C)(C)NCC1=O. The van der Waals surface area contributed by atoms with E-state index in [4.69, 9.17) is 0 Å². The highest BCUT2D eigenvalue weighted by molar-refractivity contribution is 5.79. The molecule has 1 rings (SSSR count). The second-order valence-corrected chi connectivity index (χ2v) is 5.21. The van der Waals surface area contributed by atoms with Crippen molar-refractivity contribution in [2.45, 2.75) is 25.8 Å². The van der Waals surface area contributed by atoms with Crippen LogP contribution in [-0.4, -0.2) is 61.5 Å². The molecule has 0 aromatic carbocycles. The molecule has 1 fully saturated rings. The van der Waals surface area contributed by atoms with E-state index in [9.17, 15) is 4.79 Å². The molecule has 1 aliphatic rings. The molecule has 0 bridgehead atoms. The van der Waals surface area contributed by atoms with Gasteiger partial charge in [0.05, 0.1) is 6.54 Å². The van der Waals surface area contributed by atoms with Crippen LogP contribution in [-0.2, 0) is 4.79 Å². The fraction of sp³-hybridized carbons (Fsp3) is 0.909. The van der Waals surface area contributed by atoms with E-state index in [1.54, 1.807) is 0 Å². The van der Waals surface area contributed by atoms with Gasteiger partial charge < -0.3 is 15.1 Å². The van der Waals surface area contributed by atoms with Crippen molar-refractivity contribution in [1.29, 1.82) is 0 Å². The minimum atomic E-state index is 0.0615. The summed E-state index contributed by atoms with van der Waals surface area (Å²) in [6.45, 7) is 7.49. The Hall–Kier alpha value is -0.610. The third-order valence-corrected chi connectivity index (χ3v) is 2.69. The number of nitrogens with zero attached hydrogens (tertiary/aromatic N) is 2. The molecule has 88 valence electrons. The van der Waals surface area contributed by atoms with Crippen LogP contribution in [0.5, 0.6) is 0 Å². The molecule has 15 heavy (non-hydrogen) atoms. The largest absolute Gasteiger partial charge is 0.340 e. The van der Waals surface area contributed by atoms with E-state index in [1.165, 1.54) is 0 Å². The first kappa shape index (κ1) is 12.5. The molecule has 1 heterocycles. The average molecular weight is 213 g/mol. The molecular formula is C11H23N3O. The smallest absolute Gasteiger partial charge is 0.236 e. The standard InChI is InChI=1S/C11H23N3O/c1-11(2)9-14(10(15)8-12-11)7-5-6-13(3)4/h12H,5-9H2,1-4H3. The summed E-state index contributed by atoms with van der Waals surface area (Å²) in [5.74, 6) is 0.230. The predicted octanol–water partition coefficient (Wildman–Crippen LogP) is 0.149. The molecule has 4 nitrogen and oxygen atoms in total. The molecule has 0 aromatic heterocycles. The number of carbonyl (C=O) groups excluding carboxylic acids is 1. The van der Waals surface area contributed by atoms with Crippen LogP contribution < -0.4 is 5.32 Å². The number of piperazine rings is 1. The molecule has 0 aliphatic carbocycles. The number of carbonyl (C=O) groups is 1. The second kappa shape index (κ2) is 4.94. The molecule has 0 spiro atoms. The van der Waals surface area contributed by atoms with Crippen molar-refractivity contribution < 1.29 is 4.79 Å². The summed E-state index contributed by atoms with van der Waals surface area (Å²) >= 11 is 0. The van der Waals surface area contributed by atoms with Crippen molar-refractivity contribution in [3.05, 3.63) is 0 Å². The maximum absolute atomic E-state index is 11.6. The van der Waals surface area contributed by atoms with Gasteiger partial charge in [0.25, 0.3) is 0 Å². The fourth-order valence-corrected chi connectivity index (χ4v) is 1.83. The first-order valence-electron chi connectivity index (χ1n) is 5.58. The van der Waals surface area contributed by atoms with Gasteiger partial charge in [0.1, 0.15) is 0 Å². The van der Waals surface area contributed by atoms with Gasteiger partial charge in [0, 0.05) is 18.6 Å². The molecule has 0 radical (unpaired) electrons. The number of amides is 1. The van der Waals surface area contributed by atoms with Crippen LogP contribution in [0.4, 0.5) is 0 Å². The molecule has 1 amide bonds. The normalized spacial score (nSPS) is 21.1. The first-order valence-corrected chi connectivity index (χ1v) is 5.58. The highest BCUT2D eigenvalue weighted by Gasteiger charge is 2.29. The van der Waals surface area contributed by atoms with E-state index in [2.05, 4.69) is 38.2 Å². The average Bonchev–Trinajstić information content (AvgIpc) is 2.10. The van der Waals surface area contributed by atoms with Crippen LogP contribution in [0.15, 0.2) is 0 Å². The van der Waals surface area contributed by atoms with Crippen LogP contribution in [0.25, 0.3) is 0 Å². The molecule has 0 unspecified atom stereocenters. The molecule has 0 aromatic rings. The molecule has 0 atom stereocenters. The maximum atomic E-state index is 11.6. The van der Waals surface area contributed by atoms with Crippen molar-refractivity contribution in [1.82, 2.24) is 15.1 Å². The van der Waals surface area contributed by atoms with Crippen molar-refractivity contribution >= 4 is 5.91 Å². The van der Waals surface area contributed by atoms with E-state index < -0.39 is 0 Å². The van der Waals surface area contributed by atoms with E-state index in [1.807, 2.05) is 4.90 Å². The summed E-state index contributed by atoms with van der Waals surface area (Å²) < 4.78 is 0. The van der Waals surface area contributed by atoms with Crippen molar-refractivity contribution in [2.75, 3.05) is 40.3 Å². The third kappa shape index (κ3) is 4.18. The van der Waals surface area contributed by atoms with E-state index in [-0.39, 0.29) is 11.4 Å². The number of hydrogen-bond acceptors (Lipinski definition) is 3. The Balaban J connectivity index is 2.35. The zero-order valence-electron chi connectivity index (χ0n) is 10.3. The van der Waals surface area contributed by atoms with Gasteiger partial charge in [-0.2, -0.15) is 0 Å². The molecule has 1 saturated heterocycles. The Kier molecular flexibility index (Phi) is 4.11. The Morgan fingerprint density at radius 3 is 2.73 bits per heavy atom. The van der Waals surface area contributed by atoms with Gasteiger partial charge in [-0.25, -0.2) is 0 Å². The fourth-order valence-electron chi connectivity index (χ4n) is 1.83. The van der Waals surface area contributed by atoms with E-state index in [0.717, 1.165) is 26.1 Å². The monoisotopic (exact) mass is 213 g/mol. The van der Waals surface area contributed by atoms with Crippen molar-refractivity contribution in [2.24, 2.45) is 0 Å². The van der Waals surface area contributed by atoms with Gasteiger partial charge in [-0.3, -0.25) is 4.79 Å². The van der Waals surface area contributed by atoms with E-state index >= 15 is 0 Å². The molecule has 1 N–H and O–H groups in total.